The zero-order valence-corrected chi connectivity index (χ0v) is 13.1. The Balaban J connectivity index is 1.83. The van der Waals surface area contributed by atoms with Gasteiger partial charge in [0.2, 0.25) is 0 Å². The third-order valence-electron chi connectivity index (χ3n) is 2.91. The summed E-state index contributed by atoms with van der Waals surface area (Å²) in [6, 6.07) is 7.65. The summed E-state index contributed by atoms with van der Waals surface area (Å²) in [6.07, 6.45) is 1.48. The predicted molar refractivity (Wildman–Crippen MR) is 79.9 cm³/mol. The third-order valence-corrected chi connectivity index (χ3v) is 5.67. The molecule has 0 fully saturated rings. The van der Waals surface area contributed by atoms with E-state index in [0.717, 1.165) is 23.2 Å². The maximum absolute atomic E-state index is 13.1. The minimum Gasteiger partial charge on any atom is -0.334 e. The van der Waals surface area contributed by atoms with E-state index in [1.807, 2.05) is 0 Å². The lowest BCUT2D eigenvalue weighted by Crippen LogP contribution is -1.92. The molecular formula is C14H11FN2O3S2. The molecule has 2 aromatic heterocycles. The first kappa shape index (κ1) is 14.9. The number of thiophene rings is 1. The lowest BCUT2D eigenvalue weighted by Gasteiger charge is -1.95. The van der Waals surface area contributed by atoms with Crippen LogP contribution >= 0.6 is 11.3 Å². The van der Waals surface area contributed by atoms with Crippen LogP contribution in [0.5, 0.6) is 0 Å². The highest BCUT2D eigenvalue weighted by atomic mass is 32.2. The minimum absolute atomic E-state index is 0.243. The molecule has 0 unspecified atom stereocenters. The van der Waals surface area contributed by atoms with Crippen LogP contribution < -0.4 is 0 Å². The molecule has 0 aliphatic heterocycles. The van der Waals surface area contributed by atoms with Gasteiger partial charge in [0.25, 0.3) is 5.89 Å². The van der Waals surface area contributed by atoms with Crippen LogP contribution in [-0.4, -0.2) is 24.8 Å². The van der Waals surface area contributed by atoms with Gasteiger partial charge < -0.3 is 4.52 Å². The average Bonchev–Trinajstić information content (AvgIpc) is 3.06. The van der Waals surface area contributed by atoms with Gasteiger partial charge in [-0.3, -0.25) is 0 Å². The van der Waals surface area contributed by atoms with Gasteiger partial charge in [0.05, 0.1) is 5.56 Å². The summed E-state index contributed by atoms with van der Waals surface area (Å²) in [5.74, 6) is 0.335. The second-order valence-electron chi connectivity index (χ2n) is 4.75. The Morgan fingerprint density at radius 2 is 2.14 bits per heavy atom. The topological polar surface area (TPSA) is 73.1 Å². The summed E-state index contributed by atoms with van der Waals surface area (Å²) in [5, 5.41) is 5.48. The molecule has 114 valence electrons. The SMILES string of the molecule is CS(=O)(=O)c1cc(-c2nc(Cc3cccc(F)c3)no2)cs1. The lowest BCUT2D eigenvalue weighted by atomic mass is 10.1. The number of aromatic nitrogens is 2. The van der Waals surface area contributed by atoms with Gasteiger partial charge in [0, 0.05) is 18.1 Å². The first-order valence-corrected chi connectivity index (χ1v) is 9.05. The van der Waals surface area contributed by atoms with Crippen LogP contribution in [0.25, 0.3) is 11.5 Å². The summed E-state index contributed by atoms with van der Waals surface area (Å²) < 4.78 is 41.4. The zero-order valence-electron chi connectivity index (χ0n) is 11.5. The fourth-order valence-corrected chi connectivity index (χ4v) is 3.69. The highest BCUT2D eigenvalue weighted by Gasteiger charge is 2.15. The molecule has 22 heavy (non-hydrogen) atoms. The largest absolute Gasteiger partial charge is 0.334 e. The molecule has 0 aliphatic carbocycles. The van der Waals surface area contributed by atoms with Crippen LogP contribution in [0.1, 0.15) is 11.4 Å². The normalized spacial score (nSPS) is 11.7. The maximum atomic E-state index is 13.1. The summed E-state index contributed by atoms with van der Waals surface area (Å²) >= 11 is 1.10. The Hall–Kier alpha value is -2.06. The molecule has 3 aromatic rings. The van der Waals surface area contributed by atoms with Crippen LogP contribution in [0.4, 0.5) is 4.39 Å². The van der Waals surface area contributed by atoms with Crippen LogP contribution in [-0.2, 0) is 16.3 Å². The van der Waals surface area contributed by atoms with Crippen molar-refractivity contribution in [1.82, 2.24) is 10.1 Å². The van der Waals surface area contributed by atoms with E-state index in [1.165, 1.54) is 18.2 Å². The molecule has 0 radical (unpaired) electrons. The predicted octanol–water partition coefficient (Wildman–Crippen LogP) is 2.93. The Morgan fingerprint density at radius 1 is 1.32 bits per heavy atom. The number of benzene rings is 1. The Labute approximate surface area is 130 Å². The highest BCUT2D eigenvalue weighted by Crippen LogP contribution is 2.27. The highest BCUT2D eigenvalue weighted by molar-refractivity contribution is 7.92. The number of hydrogen-bond donors (Lipinski definition) is 0. The minimum atomic E-state index is -3.25. The van der Waals surface area contributed by atoms with Crippen molar-refractivity contribution in [3.63, 3.8) is 0 Å². The fourth-order valence-electron chi connectivity index (χ4n) is 1.90. The van der Waals surface area contributed by atoms with Crippen molar-refractivity contribution in [2.24, 2.45) is 0 Å². The number of sulfone groups is 1. The molecule has 0 atom stereocenters. The van der Waals surface area contributed by atoms with E-state index < -0.39 is 9.84 Å². The quantitative estimate of drug-likeness (QED) is 0.731. The van der Waals surface area contributed by atoms with E-state index in [4.69, 9.17) is 4.52 Å². The molecule has 0 saturated carbocycles. The zero-order chi connectivity index (χ0) is 15.7. The van der Waals surface area contributed by atoms with E-state index >= 15 is 0 Å². The maximum Gasteiger partial charge on any atom is 0.258 e. The fraction of sp³-hybridized carbons (Fsp3) is 0.143. The van der Waals surface area contributed by atoms with Crippen molar-refractivity contribution in [3.05, 3.63) is 52.9 Å². The molecule has 1 aromatic carbocycles. The van der Waals surface area contributed by atoms with Gasteiger partial charge in [-0.25, -0.2) is 12.8 Å². The van der Waals surface area contributed by atoms with Crippen molar-refractivity contribution in [2.45, 2.75) is 10.6 Å². The Bertz CT molecular complexity index is 916. The molecule has 2 heterocycles. The Morgan fingerprint density at radius 3 is 2.82 bits per heavy atom. The molecule has 0 N–H and O–H groups in total. The van der Waals surface area contributed by atoms with E-state index in [2.05, 4.69) is 10.1 Å². The summed E-state index contributed by atoms with van der Waals surface area (Å²) in [7, 11) is -3.25. The molecule has 3 rings (SSSR count). The summed E-state index contributed by atoms with van der Waals surface area (Å²) in [5.41, 5.74) is 1.29. The third kappa shape index (κ3) is 3.23. The van der Waals surface area contributed by atoms with Crippen molar-refractivity contribution < 1.29 is 17.3 Å². The molecule has 0 aliphatic rings. The second-order valence-corrected chi connectivity index (χ2v) is 7.90. The first-order chi connectivity index (χ1) is 10.4. The molecule has 8 heteroatoms. The van der Waals surface area contributed by atoms with Crippen LogP contribution in [0.3, 0.4) is 0 Å². The standard InChI is InChI=1S/C14H11FN2O3S2/c1-22(18,19)13-7-10(8-21-13)14-16-12(17-20-14)6-9-3-2-4-11(15)5-9/h2-5,7-8H,6H2,1H3. The van der Waals surface area contributed by atoms with Gasteiger partial charge in [-0.1, -0.05) is 17.3 Å². The van der Waals surface area contributed by atoms with Crippen LogP contribution in [0.15, 0.2) is 44.4 Å². The smallest absolute Gasteiger partial charge is 0.258 e. The average molecular weight is 338 g/mol. The van der Waals surface area contributed by atoms with Crippen molar-refractivity contribution in [3.8, 4) is 11.5 Å². The van der Waals surface area contributed by atoms with Gasteiger partial charge in [0.1, 0.15) is 10.0 Å². The number of nitrogens with zero attached hydrogens (tertiary/aromatic N) is 2. The van der Waals surface area contributed by atoms with Crippen LogP contribution in [0, 0.1) is 5.82 Å². The summed E-state index contributed by atoms with van der Waals surface area (Å²) in [6.45, 7) is 0. The van der Waals surface area contributed by atoms with Crippen molar-refractivity contribution >= 4 is 21.2 Å². The number of hydrogen-bond acceptors (Lipinski definition) is 6. The molecule has 0 spiro atoms. The van der Waals surface area contributed by atoms with E-state index in [-0.39, 0.29) is 15.9 Å². The van der Waals surface area contributed by atoms with Crippen molar-refractivity contribution in [2.75, 3.05) is 6.26 Å². The molecular weight excluding hydrogens is 327 g/mol. The molecule has 5 nitrogen and oxygen atoms in total. The summed E-state index contributed by atoms with van der Waals surface area (Å²) in [4.78, 5) is 4.21. The monoisotopic (exact) mass is 338 g/mol. The lowest BCUT2D eigenvalue weighted by molar-refractivity contribution is 0.424. The van der Waals surface area contributed by atoms with Gasteiger partial charge in [0.15, 0.2) is 15.7 Å². The van der Waals surface area contributed by atoms with Gasteiger partial charge in [-0.05, 0) is 23.8 Å². The van der Waals surface area contributed by atoms with Crippen molar-refractivity contribution in [1.29, 1.82) is 0 Å². The number of rotatable bonds is 4. The Kier molecular flexibility index (Phi) is 3.79. The molecule has 0 saturated heterocycles. The second kappa shape index (κ2) is 5.62. The molecule has 0 amide bonds. The van der Waals surface area contributed by atoms with Crippen LogP contribution in [0.2, 0.25) is 0 Å². The first-order valence-electron chi connectivity index (χ1n) is 6.28. The van der Waals surface area contributed by atoms with E-state index in [9.17, 15) is 12.8 Å². The van der Waals surface area contributed by atoms with E-state index in [1.54, 1.807) is 17.5 Å². The van der Waals surface area contributed by atoms with Gasteiger partial charge in [-0.2, -0.15) is 4.98 Å². The van der Waals surface area contributed by atoms with Gasteiger partial charge >= 0.3 is 0 Å². The number of halogens is 1. The van der Waals surface area contributed by atoms with E-state index in [0.29, 0.717) is 17.8 Å². The van der Waals surface area contributed by atoms with Gasteiger partial charge in [-0.15, -0.1) is 11.3 Å². The molecule has 0 bridgehead atoms.